The van der Waals surface area contributed by atoms with Crippen molar-refractivity contribution in [3.05, 3.63) is 34.9 Å². The molecule has 1 heterocycles. The Morgan fingerprint density at radius 2 is 2.06 bits per heavy atom. The fraction of sp³-hybridized carbons (Fsp3) is 0.600. The Morgan fingerprint density at radius 3 is 2.56 bits per heavy atom. The molecule has 1 aliphatic heterocycles. The Hall–Kier alpha value is -0.570. The van der Waals surface area contributed by atoms with Gasteiger partial charge in [0, 0.05) is 10.4 Å². The lowest BCUT2D eigenvalue weighted by Gasteiger charge is -2.44. The van der Waals surface area contributed by atoms with Gasteiger partial charge in [-0.15, -0.1) is 0 Å². The summed E-state index contributed by atoms with van der Waals surface area (Å²) in [6.07, 6.45) is 1.66. The molecule has 1 saturated heterocycles. The Kier molecular flexibility index (Phi) is 4.31. The number of likely N-dealkylation sites (tertiary alicyclic amines) is 1. The van der Waals surface area contributed by atoms with E-state index in [9.17, 15) is 5.11 Å². The molecule has 2 nitrogen and oxygen atoms in total. The van der Waals surface area contributed by atoms with Gasteiger partial charge in [0.05, 0.1) is 6.10 Å². The summed E-state index contributed by atoms with van der Waals surface area (Å²) in [5, 5.41) is 11.0. The van der Waals surface area contributed by atoms with E-state index in [2.05, 4.69) is 17.9 Å². The average molecular weight is 268 g/mol. The monoisotopic (exact) mass is 267 g/mol. The van der Waals surface area contributed by atoms with E-state index in [0.717, 1.165) is 37.5 Å². The van der Waals surface area contributed by atoms with Crippen LogP contribution >= 0.6 is 11.6 Å². The summed E-state index contributed by atoms with van der Waals surface area (Å²) in [6.45, 7) is 7.28. The van der Waals surface area contributed by atoms with Crippen LogP contribution in [-0.2, 0) is 5.41 Å². The van der Waals surface area contributed by atoms with E-state index >= 15 is 0 Å². The number of hydrogen-bond acceptors (Lipinski definition) is 2. The van der Waals surface area contributed by atoms with Crippen molar-refractivity contribution in [3.63, 3.8) is 0 Å². The predicted molar refractivity (Wildman–Crippen MR) is 76.2 cm³/mol. The molecule has 0 amide bonds. The number of hydrogen-bond donors (Lipinski definition) is 1. The fourth-order valence-corrected chi connectivity index (χ4v) is 3.20. The van der Waals surface area contributed by atoms with E-state index in [4.69, 9.17) is 11.6 Å². The van der Waals surface area contributed by atoms with Crippen LogP contribution in [0.25, 0.3) is 0 Å². The number of halogens is 1. The number of piperidine rings is 1. The maximum Gasteiger partial charge on any atom is 0.0609 e. The largest absolute Gasteiger partial charge is 0.392 e. The lowest BCUT2D eigenvalue weighted by molar-refractivity contribution is 0.0433. The third kappa shape index (κ3) is 2.56. The molecule has 0 saturated carbocycles. The van der Waals surface area contributed by atoms with Gasteiger partial charge in [-0.05, 0) is 57.1 Å². The van der Waals surface area contributed by atoms with E-state index in [1.54, 1.807) is 0 Å². The zero-order valence-corrected chi connectivity index (χ0v) is 12.0. The van der Waals surface area contributed by atoms with Crippen molar-refractivity contribution in [3.8, 4) is 0 Å². The molecule has 0 aliphatic carbocycles. The highest BCUT2D eigenvalue weighted by atomic mass is 35.5. The fourth-order valence-electron chi connectivity index (χ4n) is 3.01. The smallest absolute Gasteiger partial charge is 0.0609 e. The van der Waals surface area contributed by atoms with E-state index < -0.39 is 0 Å². The topological polar surface area (TPSA) is 23.5 Å². The second-order valence-corrected chi connectivity index (χ2v) is 5.71. The first kappa shape index (κ1) is 13.9. The van der Waals surface area contributed by atoms with Crippen LogP contribution in [0, 0.1) is 0 Å². The molecule has 1 aromatic rings. The first-order chi connectivity index (χ1) is 8.58. The molecular formula is C15H22ClNO. The first-order valence-electron chi connectivity index (χ1n) is 6.75. The van der Waals surface area contributed by atoms with Gasteiger partial charge >= 0.3 is 0 Å². The van der Waals surface area contributed by atoms with Gasteiger partial charge in [0.25, 0.3) is 0 Å². The lowest BCUT2D eigenvalue weighted by atomic mass is 9.69. The first-order valence-corrected chi connectivity index (χ1v) is 7.13. The second-order valence-electron chi connectivity index (χ2n) is 5.28. The van der Waals surface area contributed by atoms with Gasteiger partial charge in [-0.25, -0.2) is 0 Å². The number of rotatable bonds is 3. The minimum Gasteiger partial charge on any atom is -0.392 e. The minimum atomic E-state index is -0.338. The third-order valence-corrected chi connectivity index (χ3v) is 4.63. The van der Waals surface area contributed by atoms with Crippen LogP contribution in [0.4, 0.5) is 0 Å². The highest BCUT2D eigenvalue weighted by Crippen LogP contribution is 2.39. The van der Waals surface area contributed by atoms with Gasteiger partial charge < -0.3 is 10.0 Å². The van der Waals surface area contributed by atoms with Crippen LogP contribution in [0.5, 0.6) is 0 Å². The van der Waals surface area contributed by atoms with Gasteiger partial charge in [-0.2, -0.15) is 0 Å². The summed E-state index contributed by atoms with van der Waals surface area (Å²) in [7, 11) is 0. The molecule has 0 bridgehead atoms. The number of aliphatic hydroxyl groups excluding tert-OH is 1. The second kappa shape index (κ2) is 5.60. The Morgan fingerprint density at radius 1 is 1.39 bits per heavy atom. The van der Waals surface area contributed by atoms with Gasteiger partial charge in [-0.1, -0.05) is 30.7 Å². The Labute approximate surface area is 115 Å². The summed E-state index contributed by atoms with van der Waals surface area (Å²) < 4.78 is 0. The predicted octanol–water partition coefficient (Wildman–Crippen LogP) is 3.07. The summed E-state index contributed by atoms with van der Waals surface area (Å²) in [5.74, 6) is 0. The molecule has 1 atom stereocenters. The summed E-state index contributed by atoms with van der Waals surface area (Å²) in [4.78, 5) is 2.44. The maximum absolute atomic E-state index is 10.3. The molecule has 1 aliphatic rings. The van der Waals surface area contributed by atoms with E-state index in [1.807, 2.05) is 25.1 Å². The van der Waals surface area contributed by atoms with Crippen LogP contribution in [0.3, 0.4) is 0 Å². The van der Waals surface area contributed by atoms with Crippen LogP contribution in [0.1, 0.15) is 32.3 Å². The SMILES string of the molecule is CCN1CCC(c2cccc(Cl)c2)(C(C)O)CC1. The molecule has 1 unspecified atom stereocenters. The van der Waals surface area contributed by atoms with Crippen molar-refractivity contribution in [2.75, 3.05) is 19.6 Å². The molecule has 100 valence electrons. The third-order valence-electron chi connectivity index (χ3n) is 4.39. The molecule has 3 heteroatoms. The van der Waals surface area contributed by atoms with Crippen molar-refractivity contribution >= 4 is 11.6 Å². The average Bonchev–Trinajstić information content (AvgIpc) is 2.38. The Bertz CT molecular complexity index is 397. The molecule has 1 fully saturated rings. The van der Waals surface area contributed by atoms with E-state index in [1.165, 1.54) is 5.56 Å². The number of nitrogens with zero attached hydrogens (tertiary/aromatic N) is 1. The van der Waals surface area contributed by atoms with E-state index in [-0.39, 0.29) is 11.5 Å². The van der Waals surface area contributed by atoms with Gasteiger partial charge in [-0.3, -0.25) is 0 Å². The van der Waals surface area contributed by atoms with Crippen molar-refractivity contribution < 1.29 is 5.11 Å². The summed E-state index contributed by atoms with van der Waals surface area (Å²) in [5.41, 5.74) is 1.05. The molecule has 1 N–H and O–H groups in total. The van der Waals surface area contributed by atoms with Crippen molar-refractivity contribution in [1.29, 1.82) is 0 Å². The quantitative estimate of drug-likeness (QED) is 0.910. The van der Waals surface area contributed by atoms with Gasteiger partial charge in [0.2, 0.25) is 0 Å². The normalized spacial score (nSPS) is 21.8. The van der Waals surface area contributed by atoms with Crippen LogP contribution in [0.15, 0.2) is 24.3 Å². The maximum atomic E-state index is 10.3. The minimum absolute atomic E-state index is 0.128. The molecule has 0 spiro atoms. The standard InChI is InChI=1S/C15H22ClNO/c1-3-17-9-7-15(8-10-17,12(2)18)13-5-4-6-14(16)11-13/h4-6,11-12,18H,3,7-10H2,1-2H3. The van der Waals surface area contributed by atoms with E-state index in [0.29, 0.717) is 0 Å². The van der Waals surface area contributed by atoms with Crippen molar-refractivity contribution in [2.24, 2.45) is 0 Å². The summed E-state index contributed by atoms with van der Waals surface area (Å²) in [6, 6.07) is 7.98. The highest BCUT2D eigenvalue weighted by molar-refractivity contribution is 6.30. The van der Waals surface area contributed by atoms with Crippen LogP contribution < -0.4 is 0 Å². The molecular weight excluding hydrogens is 246 g/mol. The van der Waals surface area contributed by atoms with Crippen molar-refractivity contribution in [2.45, 2.75) is 38.2 Å². The summed E-state index contributed by atoms with van der Waals surface area (Å²) >= 11 is 6.09. The molecule has 0 aromatic heterocycles. The molecule has 18 heavy (non-hydrogen) atoms. The number of benzene rings is 1. The van der Waals surface area contributed by atoms with Crippen LogP contribution in [0.2, 0.25) is 5.02 Å². The lowest BCUT2D eigenvalue weighted by Crippen LogP contribution is -2.48. The molecule has 2 rings (SSSR count). The molecule has 1 aromatic carbocycles. The zero-order valence-electron chi connectivity index (χ0n) is 11.2. The molecule has 0 radical (unpaired) electrons. The van der Waals surface area contributed by atoms with Crippen molar-refractivity contribution in [1.82, 2.24) is 4.90 Å². The zero-order chi connectivity index (χ0) is 13.2. The number of aliphatic hydroxyl groups is 1. The highest BCUT2D eigenvalue weighted by Gasteiger charge is 2.39. The van der Waals surface area contributed by atoms with Gasteiger partial charge in [0.15, 0.2) is 0 Å². The van der Waals surface area contributed by atoms with Gasteiger partial charge in [0.1, 0.15) is 0 Å². The van der Waals surface area contributed by atoms with Crippen LogP contribution in [-0.4, -0.2) is 35.7 Å². The Balaban J connectivity index is 2.29.